The molecule has 1 aromatic carbocycles. The summed E-state index contributed by atoms with van der Waals surface area (Å²) in [5.41, 5.74) is 0.391. The number of hydrogen-bond acceptors (Lipinski definition) is 5. The molecule has 0 aromatic heterocycles. The average molecular weight is 473 g/mol. The lowest BCUT2D eigenvalue weighted by Gasteiger charge is -2.37. The fraction of sp³-hybridized carbons (Fsp3) is 0.579. The Morgan fingerprint density at radius 1 is 1.25 bits per heavy atom. The number of benzene rings is 1. The second kappa shape index (κ2) is 8.12. The van der Waals surface area contributed by atoms with E-state index in [0.717, 1.165) is 10.0 Å². The zero-order chi connectivity index (χ0) is 20.5. The summed E-state index contributed by atoms with van der Waals surface area (Å²) in [5, 5.41) is 5.62. The number of sulfone groups is 1. The van der Waals surface area contributed by atoms with Crippen molar-refractivity contribution in [3.8, 4) is 0 Å². The first-order valence-electron chi connectivity index (χ1n) is 9.22. The molecule has 3 unspecified atom stereocenters. The Labute approximate surface area is 173 Å². The van der Waals surface area contributed by atoms with Crippen molar-refractivity contribution < 1.29 is 22.7 Å². The number of hydrogen-bond donors (Lipinski definition) is 2. The molecule has 7 nitrogen and oxygen atoms in total. The molecular weight excluding hydrogens is 448 g/mol. The first-order valence-corrected chi connectivity index (χ1v) is 11.8. The average Bonchev–Trinajstić information content (AvgIpc) is 2.85. The summed E-state index contributed by atoms with van der Waals surface area (Å²) in [6, 6.07) is 6.49. The van der Waals surface area contributed by atoms with Crippen molar-refractivity contribution in [2.45, 2.75) is 38.3 Å². The van der Waals surface area contributed by atoms with Crippen LogP contribution in [0.25, 0.3) is 0 Å². The van der Waals surface area contributed by atoms with Gasteiger partial charge in [-0.05, 0) is 30.5 Å². The number of halogens is 1. The van der Waals surface area contributed by atoms with E-state index < -0.39 is 27.3 Å². The highest BCUT2D eigenvalue weighted by atomic mass is 79.9. The van der Waals surface area contributed by atoms with Crippen molar-refractivity contribution in [3.63, 3.8) is 0 Å². The minimum atomic E-state index is -3.32. The van der Waals surface area contributed by atoms with Crippen molar-refractivity contribution in [1.29, 1.82) is 0 Å². The molecule has 2 N–H and O–H groups in total. The standard InChI is InChI=1S/C19H25BrN2O5S/c1-12(13-4-3-5-14(20)7-13)6-17(23)21-15-8-28(25,26)9-16(15)22-18(24)19(2)10-27-11-19/h3-5,7,12,15-16H,6,8-11H2,1-2H3,(H,21,23)(H,22,24). The number of ether oxygens (including phenoxy) is 1. The Hall–Kier alpha value is -1.45. The van der Waals surface area contributed by atoms with Gasteiger partial charge in [0, 0.05) is 10.9 Å². The molecular formula is C19H25BrN2O5S. The molecule has 0 aliphatic carbocycles. The first kappa shape index (κ1) is 21.3. The lowest BCUT2D eigenvalue weighted by Crippen LogP contribution is -2.58. The number of amides is 2. The zero-order valence-electron chi connectivity index (χ0n) is 15.9. The van der Waals surface area contributed by atoms with Crippen LogP contribution in [0.4, 0.5) is 0 Å². The Bertz CT molecular complexity index is 869. The Balaban J connectivity index is 1.61. The van der Waals surface area contributed by atoms with Crippen LogP contribution in [0.5, 0.6) is 0 Å². The predicted molar refractivity (Wildman–Crippen MR) is 109 cm³/mol. The van der Waals surface area contributed by atoms with E-state index in [-0.39, 0.29) is 35.7 Å². The van der Waals surface area contributed by atoms with Crippen LogP contribution in [-0.2, 0) is 24.2 Å². The number of nitrogens with one attached hydrogen (secondary N) is 2. The number of carbonyl (C=O) groups is 2. The molecule has 2 heterocycles. The van der Waals surface area contributed by atoms with E-state index in [4.69, 9.17) is 4.74 Å². The van der Waals surface area contributed by atoms with E-state index in [2.05, 4.69) is 26.6 Å². The van der Waals surface area contributed by atoms with Crippen LogP contribution < -0.4 is 10.6 Å². The van der Waals surface area contributed by atoms with Crippen LogP contribution in [0.1, 0.15) is 31.7 Å². The van der Waals surface area contributed by atoms with Gasteiger partial charge in [0.25, 0.3) is 0 Å². The van der Waals surface area contributed by atoms with Crippen molar-refractivity contribution in [2.75, 3.05) is 24.7 Å². The first-order chi connectivity index (χ1) is 13.1. The molecule has 9 heteroatoms. The molecule has 2 fully saturated rings. The van der Waals surface area contributed by atoms with Gasteiger partial charge in [-0.1, -0.05) is 35.0 Å². The fourth-order valence-electron chi connectivity index (χ4n) is 3.49. The quantitative estimate of drug-likeness (QED) is 0.650. The van der Waals surface area contributed by atoms with Crippen LogP contribution in [0.3, 0.4) is 0 Å². The highest BCUT2D eigenvalue weighted by Gasteiger charge is 2.45. The normalized spacial score (nSPS) is 26.1. The highest BCUT2D eigenvalue weighted by Crippen LogP contribution is 2.27. The fourth-order valence-corrected chi connectivity index (χ4v) is 5.77. The maximum Gasteiger partial charge on any atom is 0.230 e. The van der Waals surface area contributed by atoms with E-state index in [1.54, 1.807) is 6.92 Å². The van der Waals surface area contributed by atoms with Gasteiger partial charge in [-0.3, -0.25) is 9.59 Å². The van der Waals surface area contributed by atoms with Crippen molar-refractivity contribution >= 4 is 37.6 Å². The van der Waals surface area contributed by atoms with Crippen LogP contribution in [0.15, 0.2) is 28.7 Å². The summed E-state index contributed by atoms with van der Waals surface area (Å²) >= 11 is 3.42. The molecule has 0 bridgehead atoms. The lowest BCUT2D eigenvalue weighted by molar-refractivity contribution is -0.158. The molecule has 3 rings (SSSR count). The van der Waals surface area contributed by atoms with Crippen molar-refractivity contribution in [2.24, 2.45) is 5.41 Å². The molecule has 0 radical (unpaired) electrons. The van der Waals surface area contributed by atoms with E-state index in [0.29, 0.717) is 13.2 Å². The van der Waals surface area contributed by atoms with Gasteiger partial charge in [-0.2, -0.15) is 0 Å². The molecule has 154 valence electrons. The Morgan fingerprint density at radius 2 is 1.89 bits per heavy atom. The lowest BCUT2D eigenvalue weighted by atomic mass is 9.87. The minimum absolute atomic E-state index is 0.0189. The third-order valence-electron chi connectivity index (χ3n) is 5.31. The van der Waals surface area contributed by atoms with Crippen LogP contribution in [0, 0.1) is 5.41 Å². The van der Waals surface area contributed by atoms with Crippen LogP contribution in [-0.4, -0.2) is 57.0 Å². The topological polar surface area (TPSA) is 102 Å². The molecule has 2 aliphatic heterocycles. The molecule has 28 heavy (non-hydrogen) atoms. The minimum Gasteiger partial charge on any atom is -0.379 e. The van der Waals surface area contributed by atoms with Gasteiger partial charge in [0.15, 0.2) is 9.84 Å². The van der Waals surface area contributed by atoms with Crippen LogP contribution in [0.2, 0.25) is 0 Å². The highest BCUT2D eigenvalue weighted by molar-refractivity contribution is 9.10. The summed E-state index contributed by atoms with van der Waals surface area (Å²) in [5.74, 6) is -0.812. The zero-order valence-corrected chi connectivity index (χ0v) is 18.3. The van der Waals surface area contributed by atoms with E-state index in [1.165, 1.54) is 0 Å². The second-order valence-corrected chi connectivity index (χ2v) is 11.1. The molecule has 0 spiro atoms. The van der Waals surface area contributed by atoms with Gasteiger partial charge in [0.1, 0.15) is 0 Å². The molecule has 2 saturated heterocycles. The van der Waals surface area contributed by atoms with E-state index in [1.807, 2.05) is 31.2 Å². The van der Waals surface area contributed by atoms with Gasteiger partial charge in [-0.15, -0.1) is 0 Å². The number of carbonyl (C=O) groups excluding carboxylic acids is 2. The summed E-state index contributed by atoms with van der Waals surface area (Å²) in [7, 11) is -3.32. The summed E-state index contributed by atoms with van der Waals surface area (Å²) in [6.45, 7) is 4.37. The van der Waals surface area contributed by atoms with Crippen molar-refractivity contribution in [3.05, 3.63) is 34.3 Å². The van der Waals surface area contributed by atoms with Gasteiger partial charge in [0.2, 0.25) is 11.8 Å². The maximum atomic E-state index is 12.5. The number of rotatable bonds is 6. The Kier molecular flexibility index (Phi) is 6.17. The molecule has 2 aliphatic rings. The van der Waals surface area contributed by atoms with Crippen LogP contribution >= 0.6 is 15.9 Å². The van der Waals surface area contributed by atoms with Gasteiger partial charge >= 0.3 is 0 Å². The summed E-state index contributed by atoms with van der Waals surface area (Å²) < 4.78 is 30.2. The maximum absolute atomic E-state index is 12.5. The molecule has 3 atom stereocenters. The third-order valence-corrected chi connectivity index (χ3v) is 7.54. The summed E-state index contributed by atoms with van der Waals surface area (Å²) in [4.78, 5) is 25.0. The second-order valence-electron chi connectivity index (χ2n) is 8.04. The smallest absolute Gasteiger partial charge is 0.230 e. The Morgan fingerprint density at radius 3 is 2.46 bits per heavy atom. The molecule has 2 amide bonds. The monoisotopic (exact) mass is 472 g/mol. The van der Waals surface area contributed by atoms with E-state index >= 15 is 0 Å². The molecule has 1 aromatic rings. The third kappa shape index (κ3) is 4.93. The summed E-state index contributed by atoms with van der Waals surface area (Å²) in [6.07, 6.45) is 0.235. The largest absolute Gasteiger partial charge is 0.379 e. The van der Waals surface area contributed by atoms with Gasteiger partial charge in [-0.25, -0.2) is 8.42 Å². The predicted octanol–water partition coefficient (Wildman–Crippen LogP) is 1.38. The SMILES string of the molecule is CC(CC(=O)NC1CS(=O)(=O)CC1NC(=O)C1(C)COC1)c1cccc(Br)c1. The van der Waals surface area contributed by atoms with Gasteiger partial charge < -0.3 is 15.4 Å². The molecule has 0 saturated carbocycles. The van der Waals surface area contributed by atoms with E-state index in [9.17, 15) is 18.0 Å². The van der Waals surface area contributed by atoms with Gasteiger partial charge in [0.05, 0.1) is 42.2 Å². The van der Waals surface area contributed by atoms with Crippen molar-refractivity contribution in [1.82, 2.24) is 10.6 Å².